The fourth-order valence-electron chi connectivity index (χ4n) is 6.21. The first-order valence-corrected chi connectivity index (χ1v) is 14.2. The van der Waals surface area contributed by atoms with Gasteiger partial charge in [-0.05, 0) is 69.1 Å². The molecule has 3 heterocycles. The van der Waals surface area contributed by atoms with Crippen LogP contribution in [0, 0.1) is 0 Å². The molecular formula is C36H30BNO3. The van der Waals surface area contributed by atoms with Gasteiger partial charge in [-0.3, -0.25) is 0 Å². The maximum atomic E-state index is 6.57. The van der Waals surface area contributed by atoms with Crippen molar-refractivity contribution in [3.8, 4) is 16.8 Å². The summed E-state index contributed by atoms with van der Waals surface area (Å²) in [5, 5.41) is 4.68. The first kappa shape index (κ1) is 24.5. The van der Waals surface area contributed by atoms with Gasteiger partial charge in [-0.1, -0.05) is 78.9 Å². The van der Waals surface area contributed by atoms with Gasteiger partial charge in [-0.15, -0.1) is 0 Å². The largest absolute Gasteiger partial charge is 0.494 e. The van der Waals surface area contributed by atoms with Crippen molar-refractivity contribution in [3.63, 3.8) is 0 Å². The summed E-state index contributed by atoms with van der Waals surface area (Å²) in [6.45, 7) is 8.39. The molecule has 7 aromatic rings. The highest BCUT2D eigenvalue weighted by molar-refractivity contribution is 6.62. The lowest BCUT2D eigenvalue weighted by Gasteiger charge is -2.32. The molecule has 0 unspecified atom stereocenters. The molecule has 5 aromatic carbocycles. The number of aromatic nitrogens is 1. The molecule has 1 aliphatic heterocycles. The molecule has 2 aromatic heterocycles. The molecule has 1 saturated heterocycles. The molecule has 0 saturated carbocycles. The van der Waals surface area contributed by atoms with Gasteiger partial charge in [0.2, 0.25) is 0 Å². The average Bonchev–Trinajstić information content (AvgIpc) is 3.59. The Bertz CT molecular complexity index is 2060. The normalized spacial score (nSPS) is 16.4. The number of furan rings is 1. The second kappa shape index (κ2) is 8.59. The molecule has 0 amide bonds. The van der Waals surface area contributed by atoms with E-state index in [1.54, 1.807) is 0 Å². The smallest absolute Gasteiger partial charge is 0.455 e. The molecule has 8 rings (SSSR count). The Morgan fingerprint density at radius 3 is 1.85 bits per heavy atom. The lowest BCUT2D eigenvalue weighted by Crippen LogP contribution is -2.41. The van der Waals surface area contributed by atoms with Crippen molar-refractivity contribution in [2.45, 2.75) is 38.9 Å². The first-order valence-electron chi connectivity index (χ1n) is 14.2. The quantitative estimate of drug-likeness (QED) is 0.213. The van der Waals surface area contributed by atoms with Crippen LogP contribution in [0.2, 0.25) is 0 Å². The van der Waals surface area contributed by atoms with Crippen LogP contribution in [0.3, 0.4) is 0 Å². The Balaban J connectivity index is 1.42. The van der Waals surface area contributed by atoms with Crippen molar-refractivity contribution in [2.75, 3.05) is 0 Å². The molecule has 0 atom stereocenters. The maximum absolute atomic E-state index is 6.57. The molecule has 5 heteroatoms. The molecule has 1 fully saturated rings. The standard InChI is InChI=1S/C36H30BNO3/c1-35(2)36(3,4)41-37(40-35)24-20-23(26-15-11-16-30-29-14-7-10-19-33(29)39-34(26)30)21-25(22-24)38-31-17-8-5-12-27(31)28-13-6-9-18-32(28)38/h5-22H,1-4H3. The number of para-hydroxylation sites is 4. The number of hydrogen-bond acceptors (Lipinski definition) is 3. The molecule has 1 aliphatic rings. The van der Waals surface area contributed by atoms with Crippen LogP contribution in [0.4, 0.5) is 0 Å². The van der Waals surface area contributed by atoms with E-state index >= 15 is 0 Å². The van der Waals surface area contributed by atoms with Gasteiger partial charge in [0.15, 0.2) is 0 Å². The van der Waals surface area contributed by atoms with E-state index in [2.05, 4.69) is 129 Å². The zero-order chi connectivity index (χ0) is 27.9. The zero-order valence-corrected chi connectivity index (χ0v) is 23.6. The molecule has 0 spiro atoms. The molecule has 4 nitrogen and oxygen atoms in total. The summed E-state index contributed by atoms with van der Waals surface area (Å²) in [6, 6.07) is 38.5. The fourth-order valence-corrected chi connectivity index (χ4v) is 6.21. The van der Waals surface area contributed by atoms with E-state index in [9.17, 15) is 0 Å². The van der Waals surface area contributed by atoms with E-state index in [4.69, 9.17) is 13.7 Å². The van der Waals surface area contributed by atoms with E-state index in [1.165, 1.54) is 10.8 Å². The third kappa shape index (κ3) is 3.63. The summed E-state index contributed by atoms with van der Waals surface area (Å²) < 4.78 is 22.0. The van der Waals surface area contributed by atoms with Gasteiger partial charge >= 0.3 is 7.12 Å². The van der Waals surface area contributed by atoms with E-state index in [0.717, 1.165) is 55.2 Å². The molecule has 0 bridgehead atoms. The van der Waals surface area contributed by atoms with Gasteiger partial charge in [0.05, 0.1) is 22.2 Å². The molecule has 0 N–H and O–H groups in total. The number of nitrogens with zero attached hydrogens (tertiary/aromatic N) is 1. The minimum absolute atomic E-state index is 0.445. The van der Waals surface area contributed by atoms with Crippen molar-refractivity contribution in [1.29, 1.82) is 0 Å². The second-order valence-electron chi connectivity index (χ2n) is 12.1. The van der Waals surface area contributed by atoms with Crippen molar-refractivity contribution in [1.82, 2.24) is 4.57 Å². The topological polar surface area (TPSA) is 36.5 Å². The van der Waals surface area contributed by atoms with Crippen molar-refractivity contribution in [3.05, 3.63) is 109 Å². The Kier molecular flexibility index (Phi) is 5.13. The Labute approximate surface area is 239 Å². The monoisotopic (exact) mass is 535 g/mol. The van der Waals surface area contributed by atoms with Crippen LogP contribution in [0.1, 0.15) is 27.7 Å². The van der Waals surface area contributed by atoms with Crippen LogP contribution >= 0.6 is 0 Å². The lowest BCUT2D eigenvalue weighted by atomic mass is 9.77. The van der Waals surface area contributed by atoms with E-state index in [-0.39, 0.29) is 0 Å². The summed E-state index contributed by atoms with van der Waals surface area (Å²) >= 11 is 0. The van der Waals surface area contributed by atoms with Gasteiger partial charge in [-0.25, -0.2) is 0 Å². The average molecular weight is 535 g/mol. The van der Waals surface area contributed by atoms with Crippen molar-refractivity contribution < 1.29 is 13.7 Å². The van der Waals surface area contributed by atoms with Crippen LogP contribution in [0.15, 0.2) is 114 Å². The number of rotatable bonds is 3. The van der Waals surface area contributed by atoms with E-state index in [1.807, 2.05) is 12.1 Å². The number of hydrogen-bond donors (Lipinski definition) is 0. The first-order chi connectivity index (χ1) is 19.8. The van der Waals surface area contributed by atoms with Gasteiger partial charge in [0, 0.05) is 32.8 Å². The predicted molar refractivity (Wildman–Crippen MR) is 169 cm³/mol. The third-order valence-electron chi connectivity index (χ3n) is 9.02. The van der Waals surface area contributed by atoms with Crippen LogP contribution in [0.25, 0.3) is 60.6 Å². The van der Waals surface area contributed by atoms with Crippen LogP contribution in [-0.2, 0) is 9.31 Å². The summed E-state index contributed by atoms with van der Waals surface area (Å²) in [5.41, 5.74) is 7.33. The van der Waals surface area contributed by atoms with Crippen molar-refractivity contribution >= 4 is 56.3 Å². The predicted octanol–water partition coefficient (Wildman–Crippen LogP) is 8.65. The lowest BCUT2D eigenvalue weighted by molar-refractivity contribution is 0.00578. The van der Waals surface area contributed by atoms with Gasteiger partial charge in [0.1, 0.15) is 11.2 Å². The van der Waals surface area contributed by atoms with E-state index in [0.29, 0.717) is 0 Å². The minimum atomic E-state index is -0.498. The summed E-state index contributed by atoms with van der Waals surface area (Å²) in [5.74, 6) is 0. The Morgan fingerprint density at radius 2 is 1.17 bits per heavy atom. The SMILES string of the molecule is CC1(C)OB(c2cc(-c3cccc4c3oc3ccccc34)cc(-n3c4ccccc4c4ccccc43)c2)OC1(C)C. The molecule has 200 valence electrons. The third-order valence-corrected chi connectivity index (χ3v) is 9.02. The maximum Gasteiger partial charge on any atom is 0.494 e. The fraction of sp³-hybridized carbons (Fsp3) is 0.167. The highest BCUT2D eigenvalue weighted by Crippen LogP contribution is 2.40. The summed E-state index contributed by atoms with van der Waals surface area (Å²) in [6.07, 6.45) is 0. The Hall–Kier alpha value is -4.32. The highest BCUT2D eigenvalue weighted by atomic mass is 16.7. The highest BCUT2D eigenvalue weighted by Gasteiger charge is 2.51. The molecule has 41 heavy (non-hydrogen) atoms. The van der Waals surface area contributed by atoms with Crippen molar-refractivity contribution in [2.24, 2.45) is 0 Å². The van der Waals surface area contributed by atoms with Gasteiger partial charge in [0.25, 0.3) is 0 Å². The minimum Gasteiger partial charge on any atom is -0.455 e. The molecule has 0 radical (unpaired) electrons. The van der Waals surface area contributed by atoms with Gasteiger partial charge < -0.3 is 18.3 Å². The summed E-state index contributed by atoms with van der Waals surface area (Å²) in [7, 11) is -0.498. The van der Waals surface area contributed by atoms with Gasteiger partial charge in [-0.2, -0.15) is 0 Å². The number of benzene rings is 5. The molecule has 0 aliphatic carbocycles. The zero-order valence-electron chi connectivity index (χ0n) is 23.6. The number of fused-ring (bicyclic) bond motifs is 6. The van der Waals surface area contributed by atoms with Crippen LogP contribution < -0.4 is 5.46 Å². The van der Waals surface area contributed by atoms with E-state index < -0.39 is 18.3 Å². The van der Waals surface area contributed by atoms with Crippen LogP contribution in [-0.4, -0.2) is 22.9 Å². The molecular weight excluding hydrogens is 505 g/mol. The van der Waals surface area contributed by atoms with Crippen LogP contribution in [0.5, 0.6) is 0 Å². The summed E-state index contributed by atoms with van der Waals surface area (Å²) in [4.78, 5) is 0. The Morgan fingerprint density at radius 1 is 0.585 bits per heavy atom. The second-order valence-corrected chi connectivity index (χ2v) is 12.1.